The fraction of sp³-hybridized carbons (Fsp3) is 0.250. The molecule has 0 unspecified atom stereocenters. The number of aliphatic hydroxyl groups excluding tert-OH is 1. The van der Waals surface area contributed by atoms with Crippen molar-refractivity contribution in [3.8, 4) is 0 Å². The van der Waals surface area contributed by atoms with Gasteiger partial charge in [0.25, 0.3) is 0 Å². The monoisotopic (exact) mass is 494 g/mol. The summed E-state index contributed by atoms with van der Waals surface area (Å²) in [6.45, 7) is 1.07. The zero-order chi connectivity index (χ0) is 22.4. The number of aliphatic hydroxyl groups is 1. The van der Waals surface area contributed by atoms with Crippen LogP contribution in [0.25, 0.3) is 0 Å². The van der Waals surface area contributed by atoms with Gasteiger partial charge in [0.15, 0.2) is 0 Å². The van der Waals surface area contributed by atoms with Gasteiger partial charge in [-0.15, -0.1) is 12.4 Å². The molecule has 0 aliphatic heterocycles. The molecule has 0 aliphatic carbocycles. The van der Waals surface area contributed by atoms with Crippen LogP contribution < -0.4 is 10.2 Å². The second kappa shape index (κ2) is 11.7. The molecule has 2 N–H and O–H groups in total. The molecule has 5 nitrogen and oxygen atoms in total. The standard InChI is InChI=1S/C24H27ClN2O3S.ClH/c1-27(2)21-7-4-8-23(16-21)31(29,30)22-11-9-18(10-12-22)13-14-26-17-24(28)19-5-3-6-20(25)15-19;/h3-12,15-16,24,26,28H,13-14,17H2,1-2H3;1H/t24-;/m0./s1. The molecular weight excluding hydrogens is 467 g/mol. The van der Waals surface area contributed by atoms with Gasteiger partial charge in [0.1, 0.15) is 0 Å². The Morgan fingerprint density at radius 1 is 0.969 bits per heavy atom. The first-order valence-corrected chi connectivity index (χ1v) is 11.9. The minimum atomic E-state index is -3.57. The molecule has 0 bridgehead atoms. The van der Waals surface area contributed by atoms with Crippen molar-refractivity contribution >= 4 is 39.5 Å². The van der Waals surface area contributed by atoms with Crippen molar-refractivity contribution in [2.45, 2.75) is 22.3 Å². The van der Waals surface area contributed by atoms with Gasteiger partial charge >= 0.3 is 0 Å². The predicted molar refractivity (Wildman–Crippen MR) is 133 cm³/mol. The first kappa shape index (κ1) is 26.2. The summed E-state index contributed by atoms with van der Waals surface area (Å²) in [5.74, 6) is 0. The summed E-state index contributed by atoms with van der Waals surface area (Å²) in [6.07, 6.45) is 0.0859. The molecule has 0 aliphatic rings. The number of nitrogens with one attached hydrogen (secondary N) is 1. The molecule has 3 aromatic rings. The zero-order valence-electron chi connectivity index (χ0n) is 18.0. The highest BCUT2D eigenvalue weighted by Gasteiger charge is 2.18. The van der Waals surface area contributed by atoms with Crippen LogP contribution >= 0.6 is 24.0 Å². The van der Waals surface area contributed by atoms with Crippen LogP contribution in [0.15, 0.2) is 82.6 Å². The van der Waals surface area contributed by atoms with Gasteiger partial charge in [-0.2, -0.15) is 0 Å². The van der Waals surface area contributed by atoms with Crippen LogP contribution in [0.1, 0.15) is 17.2 Å². The van der Waals surface area contributed by atoms with E-state index in [0.29, 0.717) is 18.1 Å². The predicted octanol–water partition coefficient (Wildman–Crippen LogP) is 4.53. The normalized spacial score (nSPS) is 12.1. The Kier molecular flexibility index (Phi) is 9.55. The summed E-state index contributed by atoms with van der Waals surface area (Å²) >= 11 is 5.96. The van der Waals surface area contributed by atoms with Gasteiger partial charge in [-0.1, -0.05) is 41.9 Å². The van der Waals surface area contributed by atoms with Crippen LogP contribution in [0.2, 0.25) is 5.02 Å². The van der Waals surface area contributed by atoms with Crippen molar-refractivity contribution in [2.75, 3.05) is 32.1 Å². The van der Waals surface area contributed by atoms with Crippen LogP contribution in [0, 0.1) is 0 Å². The van der Waals surface area contributed by atoms with E-state index in [1.807, 2.05) is 49.3 Å². The Morgan fingerprint density at radius 2 is 1.66 bits per heavy atom. The smallest absolute Gasteiger partial charge is 0.206 e. The molecule has 0 spiro atoms. The van der Waals surface area contributed by atoms with E-state index in [9.17, 15) is 13.5 Å². The maximum absolute atomic E-state index is 12.9. The van der Waals surface area contributed by atoms with Crippen molar-refractivity contribution in [3.05, 3.63) is 88.9 Å². The van der Waals surface area contributed by atoms with Crippen molar-refractivity contribution in [1.82, 2.24) is 5.32 Å². The summed E-state index contributed by atoms with van der Waals surface area (Å²) in [4.78, 5) is 2.43. The summed E-state index contributed by atoms with van der Waals surface area (Å²) in [5, 5.41) is 14.1. The molecule has 0 radical (unpaired) electrons. The van der Waals surface area contributed by atoms with Gasteiger partial charge in [-0.25, -0.2) is 8.42 Å². The second-order valence-corrected chi connectivity index (χ2v) is 9.95. The lowest BCUT2D eigenvalue weighted by Crippen LogP contribution is -2.23. The van der Waals surface area contributed by atoms with Gasteiger partial charge in [-0.05, 0) is 66.6 Å². The van der Waals surface area contributed by atoms with Crippen molar-refractivity contribution in [3.63, 3.8) is 0 Å². The molecule has 8 heteroatoms. The number of halogens is 2. The van der Waals surface area contributed by atoms with Crippen LogP contribution in [-0.4, -0.2) is 40.7 Å². The molecule has 0 saturated carbocycles. The highest BCUT2D eigenvalue weighted by molar-refractivity contribution is 7.91. The Balaban J connectivity index is 0.00000363. The van der Waals surface area contributed by atoms with Crippen molar-refractivity contribution < 1.29 is 13.5 Å². The first-order valence-electron chi connectivity index (χ1n) is 10.0. The molecule has 32 heavy (non-hydrogen) atoms. The third kappa shape index (κ3) is 6.70. The molecule has 0 aromatic heterocycles. The van der Waals surface area contributed by atoms with E-state index in [0.717, 1.165) is 23.2 Å². The lowest BCUT2D eigenvalue weighted by molar-refractivity contribution is 0.175. The van der Waals surface area contributed by atoms with E-state index < -0.39 is 15.9 Å². The van der Waals surface area contributed by atoms with Crippen LogP contribution in [0.5, 0.6) is 0 Å². The minimum absolute atomic E-state index is 0. The molecule has 172 valence electrons. The third-order valence-corrected chi connectivity index (χ3v) is 7.04. The Labute approximate surface area is 201 Å². The highest BCUT2D eigenvalue weighted by Crippen LogP contribution is 2.24. The lowest BCUT2D eigenvalue weighted by Gasteiger charge is -2.14. The fourth-order valence-corrected chi connectivity index (χ4v) is 4.70. The maximum atomic E-state index is 12.9. The Bertz CT molecular complexity index is 1120. The topological polar surface area (TPSA) is 69.6 Å². The van der Waals surface area contributed by atoms with Crippen molar-refractivity contribution in [1.29, 1.82) is 0 Å². The van der Waals surface area contributed by atoms with Crippen LogP contribution in [0.4, 0.5) is 5.69 Å². The van der Waals surface area contributed by atoms with E-state index in [1.165, 1.54) is 0 Å². The van der Waals surface area contributed by atoms with E-state index in [1.54, 1.807) is 42.5 Å². The largest absolute Gasteiger partial charge is 0.387 e. The van der Waals surface area contributed by atoms with Gasteiger partial charge in [0.2, 0.25) is 9.84 Å². The number of rotatable bonds is 9. The highest BCUT2D eigenvalue weighted by atomic mass is 35.5. The molecule has 3 rings (SSSR count). The number of sulfone groups is 1. The molecule has 1 atom stereocenters. The summed E-state index contributed by atoms with van der Waals surface area (Å²) < 4.78 is 25.9. The average molecular weight is 495 g/mol. The molecule has 0 amide bonds. The second-order valence-electron chi connectivity index (χ2n) is 7.56. The summed E-state index contributed by atoms with van der Waals surface area (Å²) in [5.41, 5.74) is 2.63. The van der Waals surface area contributed by atoms with Gasteiger partial charge < -0.3 is 15.3 Å². The number of anilines is 1. The summed E-state index contributed by atoms with van der Waals surface area (Å²) in [6, 6.07) is 21.0. The zero-order valence-corrected chi connectivity index (χ0v) is 20.4. The number of hydrogen-bond acceptors (Lipinski definition) is 5. The van der Waals surface area contributed by atoms with Crippen LogP contribution in [0.3, 0.4) is 0 Å². The van der Waals surface area contributed by atoms with E-state index in [4.69, 9.17) is 11.6 Å². The van der Waals surface area contributed by atoms with Gasteiger partial charge in [0, 0.05) is 31.4 Å². The Morgan fingerprint density at radius 3 is 2.31 bits per heavy atom. The van der Waals surface area contributed by atoms with E-state index >= 15 is 0 Å². The third-order valence-electron chi connectivity index (χ3n) is 5.04. The Hall–Kier alpha value is -2.09. The summed E-state index contributed by atoms with van der Waals surface area (Å²) in [7, 11) is 0.187. The van der Waals surface area contributed by atoms with E-state index in [2.05, 4.69) is 5.32 Å². The van der Waals surface area contributed by atoms with Gasteiger partial charge in [0.05, 0.1) is 15.9 Å². The number of hydrogen-bond donors (Lipinski definition) is 2. The first-order chi connectivity index (χ1) is 14.8. The van der Waals surface area contributed by atoms with Crippen molar-refractivity contribution in [2.24, 2.45) is 0 Å². The molecule has 0 fully saturated rings. The molecule has 0 saturated heterocycles. The van der Waals surface area contributed by atoms with Crippen LogP contribution in [-0.2, 0) is 16.3 Å². The number of nitrogens with zero attached hydrogens (tertiary/aromatic N) is 1. The number of benzene rings is 3. The average Bonchev–Trinajstić information content (AvgIpc) is 2.77. The molecular formula is C24H28Cl2N2O3S. The lowest BCUT2D eigenvalue weighted by atomic mass is 10.1. The van der Waals surface area contributed by atoms with E-state index in [-0.39, 0.29) is 22.2 Å². The quantitative estimate of drug-likeness (QED) is 0.427. The SMILES string of the molecule is CN(C)c1cccc(S(=O)(=O)c2ccc(CCNC[C@H](O)c3cccc(Cl)c3)cc2)c1.Cl. The minimum Gasteiger partial charge on any atom is -0.387 e. The fourth-order valence-electron chi connectivity index (χ4n) is 3.20. The maximum Gasteiger partial charge on any atom is 0.206 e. The molecule has 3 aromatic carbocycles. The molecule has 0 heterocycles. The van der Waals surface area contributed by atoms with Gasteiger partial charge in [-0.3, -0.25) is 0 Å².